The van der Waals surface area contributed by atoms with Crippen molar-refractivity contribution in [2.24, 2.45) is 0 Å². The fourth-order valence-electron chi connectivity index (χ4n) is 1.03. The molecule has 2 heteroatoms. The molecule has 0 saturated heterocycles. The Labute approximate surface area is 75.9 Å². The molecule has 0 aliphatic heterocycles. The maximum Gasteiger partial charge on any atom is 0.0774 e. The first-order valence-electron chi connectivity index (χ1n) is 4.86. The van der Waals surface area contributed by atoms with Gasteiger partial charge in [-0.3, -0.25) is 0 Å². The summed E-state index contributed by atoms with van der Waals surface area (Å²) in [5, 5.41) is 8.76. The number of hydrogen-bond acceptors (Lipinski definition) is 2. The molecule has 0 aliphatic carbocycles. The van der Waals surface area contributed by atoms with E-state index in [2.05, 4.69) is 13.8 Å². The number of ether oxygens (including phenoxy) is 1. The van der Waals surface area contributed by atoms with Crippen LogP contribution >= 0.6 is 0 Å². The van der Waals surface area contributed by atoms with Gasteiger partial charge in [-0.15, -0.1) is 0 Å². The van der Waals surface area contributed by atoms with Gasteiger partial charge in [-0.25, -0.2) is 0 Å². The van der Waals surface area contributed by atoms with E-state index >= 15 is 0 Å². The van der Waals surface area contributed by atoms with Crippen LogP contribution in [0.3, 0.4) is 0 Å². The average molecular weight is 173 g/mol. The molecule has 0 aromatic rings. The lowest BCUT2D eigenvalue weighted by molar-refractivity contribution is 0.0564. The first kappa shape index (κ1) is 11.9. The SMILES string of the molecule is [CH2]C(O)COCCCCCCC. The van der Waals surface area contributed by atoms with Gasteiger partial charge in [-0.05, 0) is 13.3 Å². The van der Waals surface area contributed by atoms with E-state index in [1.54, 1.807) is 0 Å². The standard InChI is InChI=1S/C10H21O2/c1-3-4-5-6-7-8-12-9-10(2)11/h10-11H,2-9H2,1H3. The third kappa shape index (κ3) is 9.92. The van der Waals surface area contributed by atoms with Crippen LogP contribution in [0.5, 0.6) is 0 Å². The molecule has 0 aliphatic rings. The molecule has 1 N–H and O–H groups in total. The second-order valence-corrected chi connectivity index (χ2v) is 3.14. The van der Waals surface area contributed by atoms with Crippen molar-refractivity contribution in [3.8, 4) is 0 Å². The Morgan fingerprint density at radius 3 is 2.50 bits per heavy atom. The maximum atomic E-state index is 8.76. The number of unbranched alkanes of at least 4 members (excludes halogenated alkanes) is 4. The summed E-state index contributed by atoms with van der Waals surface area (Å²) in [6.45, 7) is 6.75. The predicted molar refractivity (Wildman–Crippen MR) is 50.9 cm³/mol. The van der Waals surface area contributed by atoms with E-state index in [0.717, 1.165) is 13.0 Å². The molecule has 2 nitrogen and oxygen atoms in total. The van der Waals surface area contributed by atoms with Gasteiger partial charge in [0, 0.05) is 6.61 Å². The lowest BCUT2D eigenvalue weighted by Gasteiger charge is -2.05. The topological polar surface area (TPSA) is 29.5 Å². The Balaban J connectivity index is 2.82. The highest BCUT2D eigenvalue weighted by atomic mass is 16.5. The summed E-state index contributed by atoms with van der Waals surface area (Å²) in [5.74, 6) is 0. The number of aliphatic hydroxyl groups excluding tert-OH is 1. The molecule has 0 saturated carbocycles. The summed E-state index contributed by atoms with van der Waals surface area (Å²) in [7, 11) is 0. The molecular weight excluding hydrogens is 152 g/mol. The van der Waals surface area contributed by atoms with Crippen LogP contribution in [0.1, 0.15) is 39.0 Å². The Morgan fingerprint density at radius 1 is 1.25 bits per heavy atom. The third-order valence-electron chi connectivity index (χ3n) is 1.70. The fraction of sp³-hybridized carbons (Fsp3) is 0.900. The largest absolute Gasteiger partial charge is 0.391 e. The van der Waals surface area contributed by atoms with Crippen molar-refractivity contribution in [2.75, 3.05) is 13.2 Å². The summed E-state index contributed by atoms with van der Waals surface area (Å²) in [4.78, 5) is 0. The molecular formula is C10H21O2. The van der Waals surface area contributed by atoms with Crippen molar-refractivity contribution < 1.29 is 9.84 Å². The normalized spacial score (nSPS) is 13.2. The molecule has 73 valence electrons. The van der Waals surface area contributed by atoms with E-state index in [1.807, 2.05) is 0 Å². The van der Waals surface area contributed by atoms with E-state index in [-0.39, 0.29) is 0 Å². The molecule has 1 radical (unpaired) electrons. The Bertz CT molecular complexity index is 81.9. The van der Waals surface area contributed by atoms with E-state index < -0.39 is 6.10 Å². The van der Waals surface area contributed by atoms with Crippen molar-refractivity contribution in [3.05, 3.63) is 6.92 Å². The van der Waals surface area contributed by atoms with Gasteiger partial charge < -0.3 is 9.84 Å². The zero-order valence-corrected chi connectivity index (χ0v) is 8.09. The zero-order chi connectivity index (χ0) is 9.23. The summed E-state index contributed by atoms with van der Waals surface area (Å²) in [6.07, 6.45) is 5.66. The average Bonchev–Trinajstić information content (AvgIpc) is 2.02. The van der Waals surface area contributed by atoms with Crippen molar-refractivity contribution in [2.45, 2.75) is 45.1 Å². The minimum Gasteiger partial charge on any atom is -0.391 e. The first-order valence-corrected chi connectivity index (χ1v) is 4.86. The molecule has 12 heavy (non-hydrogen) atoms. The second-order valence-electron chi connectivity index (χ2n) is 3.14. The van der Waals surface area contributed by atoms with Gasteiger partial charge in [0.25, 0.3) is 0 Å². The van der Waals surface area contributed by atoms with Crippen LogP contribution in [0.25, 0.3) is 0 Å². The Morgan fingerprint density at radius 2 is 1.92 bits per heavy atom. The van der Waals surface area contributed by atoms with E-state index in [9.17, 15) is 0 Å². The smallest absolute Gasteiger partial charge is 0.0774 e. The molecule has 0 amide bonds. The molecule has 0 rings (SSSR count). The summed E-state index contributed by atoms with van der Waals surface area (Å²) >= 11 is 0. The molecule has 1 atom stereocenters. The summed E-state index contributed by atoms with van der Waals surface area (Å²) in [6, 6.07) is 0. The number of rotatable bonds is 8. The van der Waals surface area contributed by atoms with Gasteiger partial charge in [-0.1, -0.05) is 32.6 Å². The summed E-state index contributed by atoms with van der Waals surface area (Å²) < 4.78 is 5.16. The number of hydrogen-bond donors (Lipinski definition) is 1. The highest BCUT2D eigenvalue weighted by Crippen LogP contribution is 2.02. The van der Waals surface area contributed by atoms with E-state index in [4.69, 9.17) is 9.84 Å². The molecule has 0 bridgehead atoms. The van der Waals surface area contributed by atoms with Crippen LogP contribution < -0.4 is 0 Å². The lowest BCUT2D eigenvalue weighted by atomic mass is 10.2. The lowest BCUT2D eigenvalue weighted by Crippen LogP contribution is -2.11. The van der Waals surface area contributed by atoms with Crippen LogP contribution in [-0.4, -0.2) is 24.4 Å². The van der Waals surface area contributed by atoms with Crippen LogP contribution in [-0.2, 0) is 4.74 Å². The van der Waals surface area contributed by atoms with Crippen LogP contribution in [0, 0.1) is 6.92 Å². The quantitative estimate of drug-likeness (QED) is 0.570. The van der Waals surface area contributed by atoms with Gasteiger partial charge in [0.05, 0.1) is 12.7 Å². The highest BCUT2D eigenvalue weighted by molar-refractivity contribution is 4.53. The fourth-order valence-corrected chi connectivity index (χ4v) is 1.03. The molecule has 0 spiro atoms. The van der Waals surface area contributed by atoms with Crippen molar-refractivity contribution in [1.82, 2.24) is 0 Å². The van der Waals surface area contributed by atoms with Gasteiger partial charge in [0.2, 0.25) is 0 Å². The minimum absolute atomic E-state index is 0.369. The molecule has 0 aromatic carbocycles. The third-order valence-corrected chi connectivity index (χ3v) is 1.70. The highest BCUT2D eigenvalue weighted by Gasteiger charge is 1.94. The second kappa shape index (κ2) is 9.01. The van der Waals surface area contributed by atoms with Crippen LogP contribution in [0.2, 0.25) is 0 Å². The Hall–Kier alpha value is -0.0800. The van der Waals surface area contributed by atoms with Crippen molar-refractivity contribution in [1.29, 1.82) is 0 Å². The van der Waals surface area contributed by atoms with Crippen molar-refractivity contribution in [3.63, 3.8) is 0 Å². The molecule has 0 heterocycles. The number of aliphatic hydroxyl groups is 1. The van der Waals surface area contributed by atoms with Crippen LogP contribution in [0.4, 0.5) is 0 Å². The molecule has 0 fully saturated rings. The van der Waals surface area contributed by atoms with E-state index in [0.29, 0.717) is 6.61 Å². The monoisotopic (exact) mass is 173 g/mol. The van der Waals surface area contributed by atoms with Gasteiger partial charge in [0.1, 0.15) is 0 Å². The molecule has 1 unspecified atom stereocenters. The zero-order valence-electron chi connectivity index (χ0n) is 8.09. The minimum atomic E-state index is -0.569. The van der Waals surface area contributed by atoms with Crippen LogP contribution in [0.15, 0.2) is 0 Å². The van der Waals surface area contributed by atoms with Crippen molar-refractivity contribution >= 4 is 0 Å². The summed E-state index contributed by atoms with van der Waals surface area (Å²) in [5.41, 5.74) is 0. The Kier molecular flexibility index (Phi) is 8.95. The maximum absolute atomic E-state index is 8.76. The van der Waals surface area contributed by atoms with E-state index in [1.165, 1.54) is 25.7 Å². The van der Waals surface area contributed by atoms with Gasteiger partial charge in [0.15, 0.2) is 0 Å². The van der Waals surface area contributed by atoms with Gasteiger partial charge >= 0.3 is 0 Å². The predicted octanol–water partition coefficient (Wildman–Crippen LogP) is 2.17. The van der Waals surface area contributed by atoms with Gasteiger partial charge in [-0.2, -0.15) is 0 Å². The first-order chi connectivity index (χ1) is 5.77. The molecule has 0 aromatic heterocycles.